The first-order valence-corrected chi connectivity index (χ1v) is 9.78. The Morgan fingerprint density at radius 1 is 0.871 bits per heavy atom. The lowest BCUT2D eigenvalue weighted by Gasteiger charge is -2.13. The van der Waals surface area contributed by atoms with Gasteiger partial charge in [-0.25, -0.2) is 4.79 Å². The fourth-order valence-electron chi connectivity index (χ4n) is 2.43. The van der Waals surface area contributed by atoms with E-state index in [4.69, 9.17) is 18.9 Å². The van der Waals surface area contributed by atoms with Crippen molar-refractivity contribution in [3.8, 4) is 17.2 Å². The smallest absolute Gasteiger partial charge is 0.338 e. The standard InChI is InChI=1S/C22H26N2O7/c1-4-12-30-18-11-8-16(13-19(18)29-5-2)22(27)31-14-20(25)23-24-21(26)15-6-9-17(28-3)10-7-15/h6-11,13H,4-5,12,14H2,1-3H3,(H,23,25)(H,24,26). The van der Waals surface area contributed by atoms with E-state index in [0.717, 1.165) is 6.42 Å². The van der Waals surface area contributed by atoms with Crippen LogP contribution in [0.1, 0.15) is 41.0 Å². The van der Waals surface area contributed by atoms with Crippen molar-refractivity contribution in [3.63, 3.8) is 0 Å². The number of amides is 2. The van der Waals surface area contributed by atoms with Gasteiger partial charge in [0.1, 0.15) is 5.75 Å². The number of methoxy groups -OCH3 is 1. The first kappa shape index (κ1) is 23.5. The van der Waals surface area contributed by atoms with Crippen molar-refractivity contribution in [2.45, 2.75) is 20.3 Å². The number of nitrogens with one attached hydrogen (secondary N) is 2. The van der Waals surface area contributed by atoms with E-state index in [-0.39, 0.29) is 5.56 Å². The molecule has 0 heterocycles. The number of ether oxygens (including phenoxy) is 4. The molecule has 0 fully saturated rings. The highest BCUT2D eigenvalue weighted by molar-refractivity contribution is 5.96. The zero-order valence-corrected chi connectivity index (χ0v) is 17.7. The second-order valence-electron chi connectivity index (χ2n) is 6.25. The Labute approximate surface area is 180 Å². The van der Waals surface area contributed by atoms with Gasteiger partial charge in [0.15, 0.2) is 18.1 Å². The highest BCUT2D eigenvalue weighted by atomic mass is 16.5. The van der Waals surface area contributed by atoms with Crippen LogP contribution < -0.4 is 25.1 Å². The molecule has 0 aliphatic heterocycles. The van der Waals surface area contributed by atoms with Crippen LogP contribution in [0.2, 0.25) is 0 Å². The molecule has 0 aliphatic carbocycles. The maximum Gasteiger partial charge on any atom is 0.338 e. The van der Waals surface area contributed by atoms with Gasteiger partial charge in [0.2, 0.25) is 0 Å². The van der Waals surface area contributed by atoms with Gasteiger partial charge in [-0.05, 0) is 55.8 Å². The van der Waals surface area contributed by atoms with E-state index < -0.39 is 24.4 Å². The summed E-state index contributed by atoms with van der Waals surface area (Å²) in [4.78, 5) is 36.2. The van der Waals surface area contributed by atoms with Gasteiger partial charge in [0, 0.05) is 5.56 Å². The Kier molecular flexibility index (Phi) is 9.15. The molecular weight excluding hydrogens is 404 g/mol. The van der Waals surface area contributed by atoms with Gasteiger partial charge in [-0.3, -0.25) is 20.4 Å². The number of hydrogen-bond acceptors (Lipinski definition) is 7. The van der Waals surface area contributed by atoms with Gasteiger partial charge >= 0.3 is 5.97 Å². The maximum atomic E-state index is 12.3. The van der Waals surface area contributed by atoms with Crippen LogP contribution in [-0.4, -0.2) is 44.7 Å². The molecule has 0 saturated carbocycles. The van der Waals surface area contributed by atoms with Gasteiger partial charge in [-0.2, -0.15) is 0 Å². The molecule has 2 aromatic rings. The molecule has 2 N–H and O–H groups in total. The average Bonchev–Trinajstić information content (AvgIpc) is 2.80. The van der Waals surface area contributed by atoms with E-state index in [9.17, 15) is 14.4 Å². The van der Waals surface area contributed by atoms with E-state index in [2.05, 4.69) is 10.9 Å². The molecule has 9 heteroatoms. The summed E-state index contributed by atoms with van der Waals surface area (Å²) in [5.74, 6) is -0.375. The minimum Gasteiger partial charge on any atom is -0.497 e. The number of carbonyl (C=O) groups is 3. The molecule has 0 aliphatic rings. The van der Waals surface area contributed by atoms with Crippen LogP contribution in [0.5, 0.6) is 17.2 Å². The van der Waals surface area contributed by atoms with Gasteiger partial charge in [0.05, 0.1) is 25.9 Å². The Balaban J connectivity index is 1.86. The number of benzene rings is 2. The summed E-state index contributed by atoms with van der Waals surface area (Å²) in [5, 5.41) is 0. The van der Waals surface area contributed by atoms with E-state index >= 15 is 0 Å². The Morgan fingerprint density at radius 2 is 1.58 bits per heavy atom. The second kappa shape index (κ2) is 12.1. The van der Waals surface area contributed by atoms with Crippen molar-refractivity contribution in [1.82, 2.24) is 10.9 Å². The highest BCUT2D eigenvalue weighted by Gasteiger charge is 2.15. The number of rotatable bonds is 10. The lowest BCUT2D eigenvalue weighted by molar-refractivity contribution is -0.125. The third kappa shape index (κ3) is 7.22. The molecular formula is C22H26N2O7. The normalized spacial score (nSPS) is 10.0. The van der Waals surface area contributed by atoms with Crippen LogP contribution in [0.4, 0.5) is 0 Å². The van der Waals surface area contributed by atoms with Crippen LogP contribution in [0.25, 0.3) is 0 Å². The Bertz CT molecular complexity index is 897. The molecule has 9 nitrogen and oxygen atoms in total. The summed E-state index contributed by atoms with van der Waals surface area (Å²) < 4.78 is 21.1. The first-order chi connectivity index (χ1) is 15.0. The maximum absolute atomic E-state index is 12.3. The second-order valence-corrected chi connectivity index (χ2v) is 6.25. The first-order valence-electron chi connectivity index (χ1n) is 9.78. The lowest BCUT2D eigenvalue weighted by atomic mass is 10.2. The van der Waals surface area contributed by atoms with Crippen molar-refractivity contribution in [2.24, 2.45) is 0 Å². The lowest BCUT2D eigenvalue weighted by Crippen LogP contribution is -2.43. The highest BCUT2D eigenvalue weighted by Crippen LogP contribution is 2.29. The average molecular weight is 430 g/mol. The third-order valence-electron chi connectivity index (χ3n) is 3.94. The third-order valence-corrected chi connectivity index (χ3v) is 3.94. The van der Waals surface area contributed by atoms with Crippen LogP contribution in [0.15, 0.2) is 42.5 Å². The van der Waals surface area contributed by atoms with E-state index in [1.807, 2.05) is 13.8 Å². The summed E-state index contributed by atoms with van der Waals surface area (Å²) >= 11 is 0. The van der Waals surface area contributed by atoms with Crippen molar-refractivity contribution in [1.29, 1.82) is 0 Å². The topological polar surface area (TPSA) is 112 Å². The molecule has 2 aromatic carbocycles. The summed E-state index contributed by atoms with van der Waals surface area (Å²) in [5.41, 5.74) is 4.97. The van der Waals surface area contributed by atoms with Crippen LogP contribution >= 0.6 is 0 Å². The molecule has 0 bridgehead atoms. The fourth-order valence-corrected chi connectivity index (χ4v) is 2.43. The molecule has 0 atom stereocenters. The quantitative estimate of drug-likeness (QED) is 0.440. The zero-order chi connectivity index (χ0) is 22.6. The van der Waals surface area contributed by atoms with Gasteiger partial charge < -0.3 is 18.9 Å². The Hall–Kier alpha value is -3.75. The molecule has 2 rings (SSSR count). The van der Waals surface area contributed by atoms with Crippen LogP contribution in [0, 0.1) is 0 Å². The molecule has 0 spiro atoms. The summed E-state index contributed by atoms with van der Waals surface area (Å²) in [6, 6.07) is 11.0. The number of hydrogen-bond donors (Lipinski definition) is 2. The number of hydrazine groups is 1. The predicted molar refractivity (Wildman–Crippen MR) is 112 cm³/mol. The molecule has 31 heavy (non-hydrogen) atoms. The van der Waals surface area contributed by atoms with Gasteiger partial charge in [-0.15, -0.1) is 0 Å². The summed E-state index contributed by atoms with van der Waals surface area (Å²) in [6.45, 7) is 4.15. The number of esters is 1. The SMILES string of the molecule is CCCOc1ccc(C(=O)OCC(=O)NNC(=O)c2ccc(OC)cc2)cc1OCC. The van der Waals surface area contributed by atoms with Crippen molar-refractivity contribution in [2.75, 3.05) is 26.9 Å². The molecule has 0 saturated heterocycles. The minimum absolute atomic E-state index is 0.211. The van der Waals surface area contributed by atoms with Crippen molar-refractivity contribution < 1.29 is 33.3 Å². The largest absolute Gasteiger partial charge is 0.497 e. The predicted octanol–water partition coefficient (Wildman–Crippen LogP) is 2.50. The van der Waals surface area contributed by atoms with E-state index in [1.54, 1.807) is 30.3 Å². The molecule has 0 aromatic heterocycles. The van der Waals surface area contributed by atoms with E-state index in [0.29, 0.717) is 36.0 Å². The molecule has 0 radical (unpaired) electrons. The minimum atomic E-state index is -0.709. The summed E-state index contributed by atoms with van der Waals surface area (Å²) in [7, 11) is 1.52. The summed E-state index contributed by atoms with van der Waals surface area (Å²) in [6.07, 6.45) is 0.833. The molecule has 0 unspecified atom stereocenters. The van der Waals surface area contributed by atoms with Gasteiger partial charge in [-0.1, -0.05) is 6.92 Å². The van der Waals surface area contributed by atoms with Crippen molar-refractivity contribution >= 4 is 17.8 Å². The van der Waals surface area contributed by atoms with E-state index in [1.165, 1.54) is 19.2 Å². The molecule has 2 amide bonds. The number of carbonyl (C=O) groups excluding carboxylic acids is 3. The molecule has 166 valence electrons. The monoisotopic (exact) mass is 430 g/mol. The zero-order valence-electron chi connectivity index (χ0n) is 17.7. The fraction of sp³-hybridized carbons (Fsp3) is 0.318. The van der Waals surface area contributed by atoms with Gasteiger partial charge in [0.25, 0.3) is 11.8 Å². The van der Waals surface area contributed by atoms with Crippen LogP contribution in [-0.2, 0) is 9.53 Å². The van der Waals surface area contributed by atoms with Crippen molar-refractivity contribution in [3.05, 3.63) is 53.6 Å². The Morgan fingerprint density at radius 3 is 2.23 bits per heavy atom. The van der Waals surface area contributed by atoms with Crippen LogP contribution in [0.3, 0.4) is 0 Å².